The van der Waals surface area contributed by atoms with Crippen molar-refractivity contribution >= 4 is 27.1 Å². The zero-order valence-electron chi connectivity index (χ0n) is 20.0. The molecule has 2 N–H and O–H groups in total. The number of carbonyl (C=O) groups excluding carboxylic acids is 1. The Morgan fingerprint density at radius 2 is 1.76 bits per heavy atom. The molecule has 2 aliphatic heterocycles. The molecule has 33 heavy (non-hydrogen) atoms. The number of sulfone groups is 1. The van der Waals surface area contributed by atoms with Crippen LogP contribution in [0.3, 0.4) is 0 Å². The lowest BCUT2D eigenvalue weighted by Gasteiger charge is -2.44. The van der Waals surface area contributed by atoms with E-state index in [-0.39, 0.29) is 17.2 Å². The molecule has 1 saturated carbocycles. The minimum absolute atomic E-state index is 0.0787. The van der Waals surface area contributed by atoms with E-state index in [0.29, 0.717) is 11.7 Å². The Hall–Kier alpha value is -1.64. The molecule has 3 fully saturated rings. The molecule has 2 saturated heterocycles. The number of nitrogens with one attached hydrogen (secondary N) is 2. The molecule has 3 aliphatic rings. The lowest BCUT2D eigenvalue weighted by molar-refractivity contribution is -0.114. The summed E-state index contributed by atoms with van der Waals surface area (Å²) in [5.41, 5.74) is 1.87. The molecular weight excluding hydrogens is 436 g/mol. The molecule has 1 amide bonds. The van der Waals surface area contributed by atoms with Crippen LogP contribution in [-0.2, 0) is 14.6 Å². The third-order valence-corrected chi connectivity index (χ3v) is 9.91. The van der Waals surface area contributed by atoms with Gasteiger partial charge in [-0.25, -0.2) is 8.42 Å². The first-order valence-corrected chi connectivity index (χ1v) is 14.4. The third kappa shape index (κ3) is 6.49. The maximum atomic E-state index is 13.8. The number of amides is 1. The number of piperazine rings is 1. The van der Waals surface area contributed by atoms with Gasteiger partial charge >= 0.3 is 0 Å². The Morgan fingerprint density at radius 3 is 2.42 bits per heavy atom. The summed E-state index contributed by atoms with van der Waals surface area (Å²) < 4.78 is 27.6. The fourth-order valence-electron chi connectivity index (χ4n) is 5.95. The zero-order valence-corrected chi connectivity index (χ0v) is 20.8. The summed E-state index contributed by atoms with van der Waals surface area (Å²) in [5, 5.41) is 5.90. The quantitative estimate of drug-likeness (QED) is 0.629. The van der Waals surface area contributed by atoms with E-state index >= 15 is 0 Å². The number of benzene rings is 1. The first-order valence-electron chi connectivity index (χ1n) is 12.7. The summed E-state index contributed by atoms with van der Waals surface area (Å²) in [7, 11) is -3.19. The highest BCUT2D eigenvalue weighted by Gasteiger charge is 2.40. The van der Waals surface area contributed by atoms with Crippen LogP contribution in [0, 0.1) is 11.8 Å². The van der Waals surface area contributed by atoms with Crippen LogP contribution in [0.2, 0.25) is 0 Å². The van der Waals surface area contributed by atoms with E-state index in [1.54, 1.807) is 0 Å². The van der Waals surface area contributed by atoms with Gasteiger partial charge < -0.3 is 15.5 Å². The Labute approximate surface area is 199 Å². The highest BCUT2D eigenvalue weighted by Crippen LogP contribution is 2.32. The Kier molecular flexibility index (Phi) is 8.30. The first kappa shape index (κ1) is 24.5. The van der Waals surface area contributed by atoms with Gasteiger partial charge in [0.05, 0.1) is 5.75 Å². The second-order valence-electron chi connectivity index (χ2n) is 10.1. The fourth-order valence-corrected chi connectivity index (χ4v) is 8.66. The summed E-state index contributed by atoms with van der Waals surface area (Å²) in [6.07, 6.45) is 7.61. The molecule has 2 heterocycles. The second kappa shape index (κ2) is 11.2. The molecule has 1 atom stereocenters. The van der Waals surface area contributed by atoms with Crippen molar-refractivity contribution in [3.63, 3.8) is 0 Å². The number of hydrogen-bond donors (Lipinski definition) is 2. The molecule has 0 aromatic heterocycles. The summed E-state index contributed by atoms with van der Waals surface area (Å²) in [6, 6.07) is 7.91. The average Bonchev–Trinajstić information content (AvgIpc) is 2.80. The van der Waals surface area contributed by atoms with Crippen molar-refractivity contribution in [2.75, 3.05) is 55.2 Å². The molecule has 1 unspecified atom stereocenters. The standard InChI is InChI=1S/C25H40N4O3S/c1-20(30)27-23-8-5-9-24(18-23)28-14-16-29(17-15-28)25(22-10-12-26-13-11-22)33(31,32)19-21-6-3-2-4-7-21/h5,8-9,18,21-22,25-26H,2-4,6-7,10-17,19H2,1H3,(H,27,30). The smallest absolute Gasteiger partial charge is 0.221 e. The lowest BCUT2D eigenvalue weighted by Crippen LogP contribution is -2.57. The average molecular weight is 477 g/mol. The van der Waals surface area contributed by atoms with Crippen molar-refractivity contribution < 1.29 is 13.2 Å². The van der Waals surface area contributed by atoms with E-state index in [4.69, 9.17) is 0 Å². The summed E-state index contributed by atoms with van der Waals surface area (Å²) in [6.45, 7) is 6.44. The molecule has 0 bridgehead atoms. The van der Waals surface area contributed by atoms with E-state index in [1.165, 1.54) is 26.2 Å². The van der Waals surface area contributed by atoms with Gasteiger partial charge in [0.25, 0.3) is 0 Å². The highest BCUT2D eigenvalue weighted by molar-refractivity contribution is 7.92. The van der Waals surface area contributed by atoms with Crippen LogP contribution in [0.25, 0.3) is 0 Å². The van der Waals surface area contributed by atoms with Gasteiger partial charge in [-0.3, -0.25) is 9.69 Å². The van der Waals surface area contributed by atoms with Crippen molar-refractivity contribution in [1.82, 2.24) is 10.2 Å². The number of carbonyl (C=O) groups is 1. The van der Waals surface area contributed by atoms with Gasteiger partial charge in [0.2, 0.25) is 5.91 Å². The normalized spacial score (nSPS) is 22.8. The third-order valence-electron chi connectivity index (χ3n) is 7.55. The molecule has 1 aromatic carbocycles. The van der Waals surface area contributed by atoms with Crippen molar-refractivity contribution in [2.24, 2.45) is 11.8 Å². The molecule has 1 aromatic rings. The van der Waals surface area contributed by atoms with Gasteiger partial charge in [0.15, 0.2) is 9.84 Å². The van der Waals surface area contributed by atoms with Gasteiger partial charge in [0.1, 0.15) is 5.37 Å². The van der Waals surface area contributed by atoms with Crippen LogP contribution < -0.4 is 15.5 Å². The van der Waals surface area contributed by atoms with Crippen LogP contribution in [0.15, 0.2) is 24.3 Å². The molecule has 0 spiro atoms. The predicted octanol–water partition coefficient (Wildman–Crippen LogP) is 3.09. The van der Waals surface area contributed by atoms with Crippen LogP contribution >= 0.6 is 0 Å². The summed E-state index contributed by atoms with van der Waals surface area (Å²) in [4.78, 5) is 16.0. The van der Waals surface area contributed by atoms with Gasteiger partial charge in [-0.2, -0.15) is 0 Å². The Morgan fingerprint density at radius 1 is 1.06 bits per heavy atom. The van der Waals surface area contributed by atoms with Crippen LogP contribution in [0.5, 0.6) is 0 Å². The first-order chi connectivity index (χ1) is 15.9. The minimum Gasteiger partial charge on any atom is -0.369 e. The highest BCUT2D eigenvalue weighted by atomic mass is 32.2. The molecule has 8 heteroatoms. The molecule has 184 valence electrons. The van der Waals surface area contributed by atoms with E-state index in [0.717, 1.165) is 76.3 Å². The zero-order chi connectivity index (χ0) is 23.3. The molecule has 0 radical (unpaired) electrons. The number of nitrogens with zero attached hydrogens (tertiary/aromatic N) is 2. The van der Waals surface area contributed by atoms with Gasteiger partial charge in [0, 0.05) is 44.5 Å². The Balaban J connectivity index is 1.45. The van der Waals surface area contributed by atoms with Crippen LogP contribution in [-0.4, -0.2) is 69.6 Å². The van der Waals surface area contributed by atoms with E-state index in [1.807, 2.05) is 18.2 Å². The van der Waals surface area contributed by atoms with E-state index in [2.05, 4.69) is 26.5 Å². The van der Waals surface area contributed by atoms with E-state index in [9.17, 15) is 13.2 Å². The van der Waals surface area contributed by atoms with Crippen molar-refractivity contribution in [2.45, 2.75) is 57.2 Å². The van der Waals surface area contributed by atoms with Crippen molar-refractivity contribution in [3.05, 3.63) is 24.3 Å². The van der Waals surface area contributed by atoms with Crippen molar-refractivity contribution in [3.8, 4) is 0 Å². The molecular formula is C25H40N4O3S. The van der Waals surface area contributed by atoms with Gasteiger partial charge in [-0.1, -0.05) is 25.3 Å². The van der Waals surface area contributed by atoms with Crippen LogP contribution in [0.1, 0.15) is 51.9 Å². The molecule has 1 aliphatic carbocycles. The minimum atomic E-state index is -3.19. The lowest BCUT2D eigenvalue weighted by atomic mass is 9.91. The second-order valence-corrected chi connectivity index (χ2v) is 12.2. The number of piperidine rings is 1. The maximum Gasteiger partial charge on any atom is 0.221 e. The van der Waals surface area contributed by atoms with Crippen LogP contribution in [0.4, 0.5) is 11.4 Å². The maximum absolute atomic E-state index is 13.8. The van der Waals surface area contributed by atoms with Gasteiger partial charge in [-0.05, 0) is 68.8 Å². The monoisotopic (exact) mass is 476 g/mol. The predicted molar refractivity (Wildman–Crippen MR) is 134 cm³/mol. The summed E-state index contributed by atoms with van der Waals surface area (Å²) >= 11 is 0. The fraction of sp³-hybridized carbons (Fsp3) is 0.720. The number of rotatable bonds is 7. The number of anilines is 2. The summed E-state index contributed by atoms with van der Waals surface area (Å²) in [5.74, 6) is 0.839. The number of hydrogen-bond acceptors (Lipinski definition) is 6. The van der Waals surface area contributed by atoms with Gasteiger partial charge in [-0.15, -0.1) is 0 Å². The molecule has 4 rings (SSSR count). The topological polar surface area (TPSA) is 81.8 Å². The Bertz CT molecular complexity index is 887. The van der Waals surface area contributed by atoms with E-state index < -0.39 is 9.84 Å². The molecule has 7 nitrogen and oxygen atoms in total. The van der Waals surface area contributed by atoms with Crippen molar-refractivity contribution in [1.29, 1.82) is 0 Å². The largest absolute Gasteiger partial charge is 0.369 e. The SMILES string of the molecule is CC(=O)Nc1cccc(N2CCN(C(C3CCNCC3)S(=O)(=O)CC3CCCCC3)CC2)c1.